The summed E-state index contributed by atoms with van der Waals surface area (Å²) in [6.45, 7) is 3.73. The largest absolute Gasteiger partial charge is 0.333 e. The number of anilines is 1. The van der Waals surface area contributed by atoms with Gasteiger partial charge in [0.15, 0.2) is 0 Å². The molecular weight excluding hydrogens is 389 g/mol. The van der Waals surface area contributed by atoms with Gasteiger partial charge in [-0.2, -0.15) is 8.42 Å². The maximum Gasteiger partial charge on any atom is 0.333 e. The predicted molar refractivity (Wildman–Crippen MR) is 106 cm³/mol. The summed E-state index contributed by atoms with van der Waals surface area (Å²) in [5.41, 5.74) is 5.62. The third kappa shape index (κ3) is 3.98. The van der Waals surface area contributed by atoms with Gasteiger partial charge in [0.1, 0.15) is 6.33 Å². The van der Waals surface area contributed by atoms with Gasteiger partial charge in [0.25, 0.3) is 5.16 Å². The maximum absolute atomic E-state index is 12.5. The number of amides is 2. The van der Waals surface area contributed by atoms with E-state index in [1.807, 2.05) is 18.6 Å². The molecule has 2 N–H and O–H groups in total. The second-order valence-electron chi connectivity index (χ2n) is 7.39. The van der Waals surface area contributed by atoms with Gasteiger partial charge in [-0.15, -0.1) is 5.10 Å². The fraction of sp³-hybridized carbons (Fsp3) is 0.500. The molecule has 2 aromatic rings. The first-order valence-electron chi connectivity index (χ1n) is 9.26. The van der Waals surface area contributed by atoms with E-state index >= 15 is 0 Å². The number of aromatic nitrogens is 3. The molecule has 1 aromatic carbocycles. The van der Waals surface area contributed by atoms with Gasteiger partial charge >= 0.3 is 16.1 Å². The summed E-state index contributed by atoms with van der Waals surface area (Å²) in [4.78, 5) is 16.3. The molecule has 0 bridgehead atoms. The molecular formula is C18H23N5NaO3S. The first-order chi connectivity index (χ1) is 12.8. The number of hydrogen-bond donors (Lipinski definition) is 2. The van der Waals surface area contributed by atoms with Crippen molar-refractivity contribution in [3.8, 4) is 0 Å². The summed E-state index contributed by atoms with van der Waals surface area (Å²) in [6, 6.07) is 1.46. The summed E-state index contributed by atoms with van der Waals surface area (Å²) in [6.07, 6.45) is 7.29. The fourth-order valence-electron chi connectivity index (χ4n) is 3.90. The molecule has 28 heavy (non-hydrogen) atoms. The van der Waals surface area contributed by atoms with Gasteiger partial charge in [0, 0.05) is 41.3 Å². The number of aryl methyl sites for hydroxylation is 2. The second-order valence-corrected chi connectivity index (χ2v) is 8.97. The Labute approximate surface area is 186 Å². The van der Waals surface area contributed by atoms with Crippen LogP contribution in [-0.4, -0.2) is 58.8 Å². The molecule has 0 atom stereocenters. The number of benzene rings is 1. The Kier molecular flexibility index (Phi) is 6.19. The number of nitrogens with one attached hydrogen (secondary N) is 2. The number of rotatable bonds is 4. The van der Waals surface area contributed by atoms with Crippen molar-refractivity contribution in [2.45, 2.75) is 63.6 Å². The summed E-state index contributed by atoms with van der Waals surface area (Å²) in [5, 5.41) is 6.33. The molecule has 0 saturated heterocycles. The number of urea groups is 1. The van der Waals surface area contributed by atoms with E-state index in [2.05, 4.69) is 21.5 Å². The van der Waals surface area contributed by atoms with Crippen LogP contribution in [0, 0.1) is 0 Å². The van der Waals surface area contributed by atoms with Crippen LogP contribution in [0.1, 0.15) is 55.0 Å². The van der Waals surface area contributed by atoms with Crippen molar-refractivity contribution in [1.82, 2.24) is 19.5 Å². The van der Waals surface area contributed by atoms with E-state index in [4.69, 9.17) is 0 Å². The van der Waals surface area contributed by atoms with Crippen LogP contribution < -0.4 is 10.0 Å². The molecule has 0 aliphatic heterocycles. The quantitative estimate of drug-likeness (QED) is 0.747. The molecule has 1 aromatic heterocycles. The van der Waals surface area contributed by atoms with Gasteiger partial charge in [-0.25, -0.2) is 19.2 Å². The summed E-state index contributed by atoms with van der Waals surface area (Å²) >= 11 is 0. The minimum absolute atomic E-state index is 0. The molecule has 10 heteroatoms. The van der Waals surface area contributed by atoms with E-state index < -0.39 is 21.2 Å². The van der Waals surface area contributed by atoms with Crippen LogP contribution in [-0.2, 0) is 35.7 Å². The first-order valence-corrected chi connectivity index (χ1v) is 10.7. The Morgan fingerprint density at radius 1 is 1.11 bits per heavy atom. The normalized spacial score (nSPS) is 15.1. The topological polar surface area (TPSA) is 106 Å². The van der Waals surface area contributed by atoms with Crippen molar-refractivity contribution >= 4 is 51.3 Å². The predicted octanol–water partition coefficient (Wildman–Crippen LogP) is 1.97. The summed E-state index contributed by atoms with van der Waals surface area (Å²) < 4.78 is 28.3. The third-order valence-corrected chi connectivity index (χ3v) is 6.32. The maximum atomic E-state index is 12.5. The average Bonchev–Trinajstić information content (AvgIpc) is 3.34. The number of hydrogen-bond acceptors (Lipinski definition) is 5. The SMILES string of the molecule is CC(C)n1cnc(S(=O)(=O)NC(=O)Nc2c3c(cc4c2CCC4)CCC3)n1.[Na]. The van der Waals surface area contributed by atoms with Crippen LogP contribution >= 0.6 is 0 Å². The molecule has 145 valence electrons. The molecule has 0 fully saturated rings. The van der Waals surface area contributed by atoms with Crippen LogP contribution in [0.4, 0.5) is 10.5 Å². The number of sulfonamides is 1. The zero-order chi connectivity index (χ0) is 19.2. The van der Waals surface area contributed by atoms with Crippen molar-refractivity contribution in [3.05, 3.63) is 34.6 Å². The van der Waals surface area contributed by atoms with Crippen LogP contribution in [0.3, 0.4) is 0 Å². The van der Waals surface area contributed by atoms with Gasteiger partial charge in [-0.05, 0) is 74.6 Å². The Hall–Kier alpha value is -1.42. The minimum Gasteiger partial charge on any atom is -0.307 e. The van der Waals surface area contributed by atoms with E-state index in [1.54, 1.807) is 0 Å². The molecule has 8 nitrogen and oxygen atoms in total. The van der Waals surface area contributed by atoms with E-state index in [1.165, 1.54) is 22.1 Å². The number of carbonyl (C=O) groups is 1. The molecule has 4 rings (SSSR count). The average molecular weight is 412 g/mol. The number of fused-ring (bicyclic) bond motifs is 2. The minimum atomic E-state index is -4.13. The number of carbonyl (C=O) groups excluding carboxylic acids is 1. The van der Waals surface area contributed by atoms with Crippen LogP contribution in [0.15, 0.2) is 17.6 Å². The molecule has 0 saturated carbocycles. The molecule has 1 radical (unpaired) electrons. The standard InChI is InChI=1S/C18H23N5O3S.Na/c1-11(2)23-10-19-18(21-23)27(25,26)22-17(24)20-16-14-7-3-5-12(14)9-13-6-4-8-15(13)16;/h9-11H,3-8H2,1-2H3,(H2,20,22,24);. The molecule has 0 unspecified atom stereocenters. The van der Waals surface area contributed by atoms with Crippen LogP contribution in [0.2, 0.25) is 0 Å². The van der Waals surface area contributed by atoms with Crippen LogP contribution in [0.25, 0.3) is 0 Å². The molecule has 2 aliphatic carbocycles. The molecule has 0 spiro atoms. The monoisotopic (exact) mass is 412 g/mol. The second kappa shape index (κ2) is 8.14. The summed E-state index contributed by atoms with van der Waals surface area (Å²) in [7, 11) is -4.13. The van der Waals surface area contributed by atoms with Crippen molar-refractivity contribution < 1.29 is 13.2 Å². The van der Waals surface area contributed by atoms with Crippen molar-refractivity contribution in [2.75, 3.05) is 5.32 Å². The Balaban J connectivity index is 0.00000225. The smallest absolute Gasteiger partial charge is 0.307 e. The van der Waals surface area contributed by atoms with Gasteiger partial charge in [0.2, 0.25) is 0 Å². The van der Waals surface area contributed by atoms with Gasteiger partial charge < -0.3 is 5.32 Å². The van der Waals surface area contributed by atoms with Gasteiger partial charge in [0.05, 0.1) is 0 Å². The Morgan fingerprint density at radius 3 is 2.25 bits per heavy atom. The van der Waals surface area contributed by atoms with E-state index in [0.717, 1.165) is 55.3 Å². The van der Waals surface area contributed by atoms with Crippen molar-refractivity contribution in [2.24, 2.45) is 0 Å². The summed E-state index contributed by atoms with van der Waals surface area (Å²) in [5.74, 6) is 0. The Morgan fingerprint density at radius 2 is 1.71 bits per heavy atom. The molecule has 2 amide bonds. The fourth-order valence-corrected chi connectivity index (χ4v) is 4.68. The van der Waals surface area contributed by atoms with E-state index in [-0.39, 0.29) is 35.6 Å². The zero-order valence-electron chi connectivity index (χ0n) is 16.4. The van der Waals surface area contributed by atoms with E-state index in [0.29, 0.717) is 0 Å². The number of nitrogens with zero attached hydrogens (tertiary/aromatic N) is 3. The van der Waals surface area contributed by atoms with Crippen LogP contribution in [0.5, 0.6) is 0 Å². The van der Waals surface area contributed by atoms with Gasteiger partial charge in [-0.3, -0.25) is 0 Å². The van der Waals surface area contributed by atoms with Gasteiger partial charge in [-0.1, -0.05) is 6.07 Å². The van der Waals surface area contributed by atoms with Crippen molar-refractivity contribution in [3.63, 3.8) is 0 Å². The molecule has 2 aliphatic rings. The first kappa shape index (κ1) is 21.3. The molecule has 1 heterocycles. The Bertz CT molecular complexity index is 984. The van der Waals surface area contributed by atoms with Crippen molar-refractivity contribution in [1.29, 1.82) is 0 Å². The third-order valence-electron chi connectivity index (χ3n) is 5.20. The zero-order valence-corrected chi connectivity index (χ0v) is 19.3. The van der Waals surface area contributed by atoms with E-state index in [9.17, 15) is 13.2 Å².